The monoisotopic (exact) mass is 416 g/mol. The zero-order valence-electron chi connectivity index (χ0n) is 17.4. The second-order valence-electron chi connectivity index (χ2n) is 6.92. The maximum Gasteiger partial charge on any atom is 0.308 e. The molecule has 1 atom stereocenters. The lowest BCUT2D eigenvalue weighted by molar-refractivity contribution is -0.154. The molecule has 1 aliphatic carbocycles. The van der Waals surface area contributed by atoms with E-state index in [1.807, 2.05) is 0 Å². The van der Waals surface area contributed by atoms with Gasteiger partial charge in [-0.3, -0.25) is 19.2 Å². The summed E-state index contributed by atoms with van der Waals surface area (Å²) in [5.74, 6) is -1.10. The Balaban J connectivity index is 2.26. The van der Waals surface area contributed by atoms with Crippen LogP contribution in [0.2, 0.25) is 0 Å². The molecule has 8 nitrogen and oxygen atoms in total. The van der Waals surface area contributed by atoms with E-state index in [1.54, 1.807) is 30.4 Å². The molecule has 0 amide bonds. The Morgan fingerprint density at radius 3 is 1.90 bits per heavy atom. The van der Waals surface area contributed by atoms with Crippen molar-refractivity contribution in [3.8, 4) is 11.5 Å². The second kappa shape index (κ2) is 9.87. The van der Waals surface area contributed by atoms with Crippen molar-refractivity contribution in [2.24, 2.45) is 0 Å². The Morgan fingerprint density at radius 1 is 0.833 bits per heavy atom. The number of hydrogen-bond donors (Lipinski definition) is 0. The molecule has 0 saturated carbocycles. The molecule has 0 heterocycles. The highest BCUT2D eigenvalue weighted by atomic mass is 16.6. The number of carbonyl (C=O) groups is 4. The fraction of sp³-hybridized carbons (Fsp3) is 0.364. The molecule has 30 heavy (non-hydrogen) atoms. The maximum absolute atomic E-state index is 11.7. The Morgan fingerprint density at radius 2 is 1.40 bits per heavy atom. The van der Waals surface area contributed by atoms with Gasteiger partial charge >= 0.3 is 23.9 Å². The van der Waals surface area contributed by atoms with Crippen LogP contribution in [0.5, 0.6) is 11.5 Å². The fourth-order valence-corrected chi connectivity index (χ4v) is 3.16. The smallest absolute Gasteiger partial charge is 0.308 e. The highest BCUT2D eigenvalue weighted by molar-refractivity contribution is 5.71. The summed E-state index contributed by atoms with van der Waals surface area (Å²) in [6, 6.07) is 4.73. The summed E-state index contributed by atoms with van der Waals surface area (Å²) in [6.07, 6.45) is 6.00. The van der Waals surface area contributed by atoms with Crippen molar-refractivity contribution in [1.82, 2.24) is 0 Å². The summed E-state index contributed by atoms with van der Waals surface area (Å²) >= 11 is 0. The molecule has 0 aliphatic heterocycles. The highest BCUT2D eigenvalue weighted by Crippen LogP contribution is 2.34. The largest absolute Gasteiger partial charge is 0.454 e. The lowest BCUT2D eigenvalue weighted by Crippen LogP contribution is -2.35. The van der Waals surface area contributed by atoms with E-state index >= 15 is 0 Å². The number of rotatable bonds is 7. The van der Waals surface area contributed by atoms with Crippen LogP contribution in [-0.4, -0.2) is 29.5 Å². The van der Waals surface area contributed by atoms with Crippen molar-refractivity contribution in [3.05, 3.63) is 47.7 Å². The molecule has 0 radical (unpaired) electrons. The molecule has 1 aliphatic rings. The molecule has 0 fully saturated rings. The van der Waals surface area contributed by atoms with Gasteiger partial charge in [-0.05, 0) is 42.7 Å². The van der Waals surface area contributed by atoms with Crippen LogP contribution in [0.15, 0.2) is 42.2 Å². The van der Waals surface area contributed by atoms with Crippen LogP contribution in [0.1, 0.15) is 46.1 Å². The van der Waals surface area contributed by atoms with Crippen LogP contribution in [-0.2, 0) is 35.1 Å². The molecule has 1 aromatic carbocycles. The quantitative estimate of drug-likeness (QED) is 0.493. The number of aryl methyl sites for hydroxylation is 1. The van der Waals surface area contributed by atoms with Crippen LogP contribution >= 0.6 is 0 Å². The fourth-order valence-electron chi connectivity index (χ4n) is 3.16. The molecule has 0 spiro atoms. The van der Waals surface area contributed by atoms with Gasteiger partial charge in [0.25, 0.3) is 0 Å². The third-order valence-electron chi connectivity index (χ3n) is 4.08. The molecule has 2 rings (SSSR count). The van der Waals surface area contributed by atoms with Gasteiger partial charge < -0.3 is 18.9 Å². The summed E-state index contributed by atoms with van der Waals surface area (Å²) in [6.45, 7) is 5.14. The minimum absolute atomic E-state index is 0.198. The van der Waals surface area contributed by atoms with E-state index < -0.39 is 29.5 Å². The topological polar surface area (TPSA) is 105 Å². The molecule has 0 bridgehead atoms. The van der Waals surface area contributed by atoms with E-state index in [1.165, 1.54) is 33.8 Å². The first-order valence-electron chi connectivity index (χ1n) is 9.34. The van der Waals surface area contributed by atoms with Gasteiger partial charge in [0.05, 0.1) is 0 Å². The Kier molecular flexibility index (Phi) is 7.52. The molecule has 1 unspecified atom stereocenters. The summed E-state index contributed by atoms with van der Waals surface area (Å²) in [7, 11) is 0. The third kappa shape index (κ3) is 7.20. The molecule has 0 N–H and O–H groups in total. The Bertz CT molecular complexity index is 877. The van der Waals surface area contributed by atoms with E-state index in [0.717, 1.165) is 0 Å². The molecular formula is C22H24O8. The average Bonchev–Trinajstić information content (AvgIpc) is 2.58. The summed E-state index contributed by atoms with van der Waals surface area (Å²) in [5, 5.41) is 0. The van der Waals surface area contributed by atoms with E-state index in [4.69, 9.17) is 18.9 Å². The van der Waals surface area contributed by atoms with Crippen molar-refractivity contribution >= 4 is 23.9 Å². The van der Waals surface area contributed by atoms with Crippen LogP contribution in [0.3, 0.4) is 0 Å². The number of carbonyl (C=O) groups excluding carboxylic acids is 4. The van der Waals surface area contributed by atoms with Crippen molar-refractivity contribution in [1.29, 1.82) is 0 Å². The van der Waals surface area contributed by atoms with Gasteiger partial charge in [0.1, 0.15) is 22.9 Å². The van der Waals surface area contributed by atoms with Gasteiger partial charge in [-0.2, -0.15) is 0 Å². The summed E-state index contributed by atoms with van der Waals surface area (Å²) < 4.78 is 21.0. The first-order valence-corrected chi connectivity index (χ1v) is 9.34. The number of esters is 4. The van der Waals surface area contributed by atoms with Crippen LogP contribution in [0.4, 0.5) is 0 Å². The predicted octanol–water partition coefficient (Wildman–Crippen LogP) is 3.18. The van der Waals surface area contributed by atoms with Crippen molar-refractivity contribution < 1.29 is 38.1 Å². The average molecular weight is 416 g/mol. The van der Waals surface area contributed by atoms with E-state index in [9.17, 15) is 19.2 Å². The van der Waals surface area contributed by atoms with Crippen molar-refractivity contribution in [3.63, 3.8) is 0 Å². The molecule has 0 aromatic heterocycles. The van der Waals surface area contributed by atoms with E-state index in [2.05, 4.69) is 0 Å². The maximum atomic E-state index is 11.7. The van der Waals surface area contributed by atoms with Gasteiger partial charge in [0.15, 0.2) is 0 Å². The van der Waals surface area contributed by atoms with Gasteiger partial charge in [-0.25, -0.2) is 0 Å². The Labute approximate surface area is 174 Å². The van der Waals surface area contributed by atoms with Gasteiger partial charge in [-0.1, -0.05) is 6.08 Å². The SMILES string of the molecule is CC(=O)OC1=CC=CC(CCc2cc(OC(C)=O)cc(OC(C)=O)c2)(OC(C)=O)C1. The van der Waals surface area contributed by atoms with Gasteiger partial charge in [0.2, 0.25) is 0 Å². The molecular weight excluding hydrogens is 392 g/mol. The summed E-state index contributed by atoms with van der Waals surface area (Å²) in [5.41, 5.74) is -0.307. The first kappa shape index (κ1) is 22.9. The zero-order chi connectivity index (χ0) is 22.3. The first-order chi connectivity index (χ1) is 14.1. The number of hydrogen-bond acceptors (Lipinski definition) is 8. The Hall–Kier alpha value is -3.42. The number of allylic oxidation sites excluding steroid dienone is 2. The molecule has 160 valence electrons. The van der Waals surface area contributed by atoms with Crippen LogP contribution < -0.4 is 9.47 Å². The normalized spacial score (nSPS) is 17.5. The number of ether oxygens (including phenoxy) is 4. The van der Waals surface area contributed by atoms with Crippen molar-refractivity contribution in [2.45, 2.75) is 52.6 Å². The predicted molar refractivity (Wildman–Crippen MR) is 105 cm³/mol. The lowest BCUT2D eigenvalue weighted by Gasteiger charge is -2.32. The highest BCUT2D eigenvalue weighted by Gasteiger charge is 2.34. The zero-order valence-corrected chi connectivity index (χ0v) is 17.4. The van der Waals surface area contributed by atoms with E-state index in [-0.39, 0.29) is 17.9 Å². The summed E-state index contributed by atoms with van der Waals surface area (Å²) in [4.78, 5) is 45.6. The standard InChI is InChI=1S/C22H24O8/c1-14(23)27-19-6-5-8-22(13-19,30-17(4)26)9-7-18-10-20(28-15(2)24)12-21(11-18)29-16(3)25/h5-6,8,10-12H,7,9,13H2,1-4H3. The minimum Gasteiger partial charge on any atom is -0.454 e. The van der Waals surface area contributed by atoms with Crippen molar-refractivity contribution in [2.75, 3.05) is 0 Å². The van der Waals surface area contributed by atoms with E-state index in [0.29, 0.717) is 24.2 Å². The molecule has 8 heteroatoms. The lowest BCUT2D eigenvalue weighted by atomic mass is 9.87. The molecule has 0 saturated heterocycles. The van der Waals surface area contributed by atoms with Crippen LogP contribution in [0, 0.1) is 0 Å². The van der Waals surface area contributed by atoms with Gasteiger partial charge in [-0.15, -0.1) is 0 Å². The third-order valence-corrected chi connectivity index (χ3v) is 4.08. The number of benzene rings is 1. The second-order valence-corrected chi connectivity index (χ2v) is 6.92. The van der Waals surface area contributed by atoms with Gasteiger partial charge in [0, 0.05) is 40.2 Å². The van der Waals surface area contributed by atoms with Crippen LogP contribution in [0.25, 0.3) is 0 Å². The molecule has 1 aromatic rings. The minimum atomic E-state index is -1.01.